The SMILES string of the molecule is COCCn1cccc1C1C(c2ccccn2)NC(=S)N1CCCNc1ccccc1. The van der Waals surface area contributed by atoms with Gasteiger partial charge in [0.25, 0.3) is 0 Å². The van der Waals surface area contributed by atoms with Crippen molar-refractivity contribution in [2.75, 3.05) is 32.1 Å². The van der Waals surface area contributed by atoms with Gasteiger partial charge in [-0.1, -0.05) is 24.3 Å². The van der Waals surface area contributed by atoms with Crippen LogP contribution in [-0.4, -0.2) is 46.4 Å². The maximum absolute atomic E-state index is 5.78. The van der Waals surface area contributed by atoms with Crippen LogP contribution in [0.2, 0.25) is 0 Å². The highest BCUT2D eigenvalue weighted by molar-refractivity contribution is 7.80. The maximum Gasteiger partial charge on any atom is 0.170 e. The van der Waals surface area contributed by atoms with Crippen molar-refractivity contribution in [3.63, 3.8) is 0 Å². The normalized spacial score (nSPS) is 18.2. The number of methoxy groups -OCH3 is 1. The fraction of sp³-hybridized carbons (Fsp3) is 0.333. The molecule has 0 bridgehead atoms. The quantitative estimate of drug-likeness (QED) is 0.371. The number of benzene rings is 1. The highest BCUT2D eigenvalue weighted by atomic mass is 32.1. The summed E-state index contributed by atoms with van der Waals surface area (Å²) in [5.41, 5.74) is 3.36. The molecule has 2 aromatic heterocycles. The predicted octanol–water partition coefficient (Wildman–Crippen LogP) is 4.00. The Bertz CT molecular complexity index is 962. The van der Waals surface area contributed by atoms with Crippen molar-refractivity contribution in [3.8, 4) is 0 Å². The van der Waals surface area contributed by atoms with Crippen LogP contribution in [0.3, 0.4) is 0 Å². The number of hydrogen-bond acceptors (Lipinski definition) is 4. The summed E-state index contributed by atoms with van der Waals surface area (Å²) in [5.74, 6) is 0. The molecule has 3 aromatic rings. The Morgan fingerprint density at radius 2 is 1.90 bits per heavy atom. The van der Waals surface area contributed by atoms with Crippen LogP contribution in [0.5, 0.6) is 0 Å². The van der Waals surface area contributed by atoms with Crippen LogP contribution in [0, 0.1) is 0 Å². The molecule has 0 aliphatic carbocycles. The number of nitrogens with zero attached hydrogens (tertiary/aromatic N) is 3. The van der Waals surface area contributed by atoms with Crippen molar-refractivity contribution in [2.45, 2.75) is 25.0 Å². The van der Waals surface area contributed by atoms with E-state index in [1.54, 1.807) is 7.11 Å². The van der Waals surface area contributed by atoms with Gasteiger partial charge in [-0.2, -0.15) is 0 Å². The summed E-state index contributed by atoms with van der Waals surface area (Å²) < 4.78 is 7.58. The molecular formula is C24H29N5OS. The van der Waals surface area contributed by atoms with E-state index in [1.807, 2.05) is 36.5 Å². The molecule has 0 spiro atoms. The number of anilines is 1. The zero-order valence-corrected chi connectivity index (χ0v) is 18.6. The molecule has 2 atom stereocenters. The second-order valence-electron chi connectivity index (χ2n) is 7.59. The van der Waals surface area contributed by atoms with Gasteiger partial charge in [-0.25, -0.2) is 0 Å². The van der Waals surface area contributed by atoms with Crippen LogP contribution < -0.4 is 10.6 Å². The lowest BCUT2D eigenvalue weighted by molar-refractivity contribution is 0.184. The summed E-state index contributed by atoms with van der Waals surface area (Å²) in [5, 5.41) is 7.80. The molecule has 6 nitrogen and oxygen atoms in total. The highest BCUT2D eigenvalue weighted by Gasteiger charge is 2.40. The maximum atomic E-state index is 5.78. The largest absolute Gasteiger partial charge is 0.385 e. The van der Waals surface area contributed by atoms with E-state index in [4.69, 9.17) is 17.0 Å². The number of hydrogen-bond donors (Lipinski definition) is 2. The Kier molecular flexibility index (Phi) is 7.17. The Hall–Kier alpha value is -2.90. The van der Waals surface area contributed by atoms with Gasteiger partial charge < -0.3 is 24.8 Å². The Morgan fingerprint density at radius 3 is 2.68 bits per heavy atom. The van der Waals surface area contributed by atoms with Gasteiger partial charge in [0.05, 0.1) is 24.4 Å². The van der Waals surface area contributed by atoms with Gasteiger partial charge in [-0.15, -0.1) is 0 Å². The summed E-state index contributed by atoms with van der Waals surface area (Å²) in [6.45, 7) is 3.21. The van der Waals surface area contributed by atoms with E-state index in [-0.39, 0.29) is 12.1 Å². The van der Waals surface area contributed by atoms with Gasteiger partial charge in [-0.05, 0) is 55.0 Å². The molecule has 162 valence electrons. The molecule has 4 rings (SSSR count). The first-order valence-electron chi connectivity index (χ1n) is 10.7. The molecular weight excluding hydrogens is 406 g/mol. The monoisotopic (exact) mass is 435 g/mol. The molecule has 1 fully saturated rings. The second-order valence-corrected chi connectivity index (χ2v) is 7.97. The zero-order chi connectivity index (χ0) is 21.5. The molecule has 3 heterocycles. The van der Waals surface area contributed by atoms with E-state index in [0.717, 1.165) is 42.5 Å². The van der Waals surface area contributed by atoms with E-state index in [9.17, 15) is 0 Å². The van der Waals surface area contributed by atoms with Gasteiger partial charge in [0, 0.05) is 50.5 Å². The molecule has 1 aromatic carbocycles. The van der Waals surface area contributed by atoms with E-state index in [2.05, 4.69) is 61.6 Å². The number of thiocarbonyl (C=S) groups is 1. The number of nitrogens with one attached hydrogen (secondary N) is 2. The van der Waals surface area contributed by atoms with Crippen molar-refractivity contribution in [1.29, 1.82) is 0 Å². The van der Waals surface area contributed by atoms with Crippen LogP contribution in [0.1, 0.15) is 29.9 Å². The van der Waals surface area contributed by atoms with Gasteiger partial charge in [0.15, 0.2) is 5.11 Å². The number of aromatic nitrogens is 2. The summed E-state index contributed by atoms with van der Waals surface area (Å²) in [7, 11) is 1.73. The van der Waals surface area contributed by atoms with Crippen LogP contribution in [0.25, 0.3) is 0 Å². The minimum atomic E-state index is 0.00646. The van der Waals surface area contributed by atoms with Crippen molar-refractivity contribution in [1.82, 2.24) is 19.8 Å². The molecule has 1 saturated heterocycles. The van der Waals surface area contributed by atoms with Gasteiger partial charge in [0.2, 0.25) is 0 Å². The summed E-state index contributed by atoms with van der Waals surface area (Å²) in [6.07, 6.45) is 4.93. The van der Waals surface area contributed by atoms with E-state index >= 15 is 0 Å². The van der Waals surface area contributed by atoms with Gasteiger partial charge in [-0.3, -0.25) is 4.98 Å². The lowest BCUT2D eigenvalue weighted by atomic mass is 10.0. The number of ether oxygens (including phenoxy) is 1. The summed E-state index contributed by atoms with van der Waals surface area (Å²) >= 11 is 5.78. The van der Waals surface area contributed by atoms with E-state index < -0.39 is 0 Å². The zero-order valence-electron chi connectivity index (χ0n) is 17.8. The third kappa shape index (κ3) is 5.06. The molecule has 0 saturated carbocycles. The van der Waals surface area contributed by atoms with Crippen LogP contribution >= 0.6 is 12.2 Å². The first kappa shape index (κ1) is 21.3. The summed E-state index contributed by atoms with van der Waals surface area (Å²) in [6, 6.07) is 20.7. The van der Waals surface area contributed by atoms with Crippen molar-refractivity contribution < 1.29 is 4.74 Å². The third-order valence-corrected chi connectivity index (χ3v) is 5.93. The van der Waals surface area contributed by atoms with Crippen LogP contribution in [0.15, 0.2) is 73.1 Å². The average Bonchev–Trinajstić information content (AvgIpc) is 3.40. The van der Waals surface area contributed by atoms with Crippen molar-refractivity contribution >= 4 is 23.0 Å². The Morgan fingerprint density at radius 1 is 1.06 bits per heavy atom. The van der Waals surface area contributed by atoms with E-state index in [0.29, 0.717) is 6.61 Å². The van der Waals surface area contributed by atoms with E-state index in [1.165, 1.54) is 5.69 Å². The summed E-state index contributed by atoms with van der Waals surface area (Å²) in [4.78, 5) is 6.93. The average molecular weight is 436 g/mol. The first-order chi connectivity index (χ1) is 15.3. The lowest BCUT2D eigenvalue weighted by Gasteiger charge is -2.29. The smallest absolute Gasteiger partial charge is 0.170 e. The highest BCUT2D eigenvalue weighted by Crippen LogP contribution is 2.38. The molecule has 0 amide bonds. The number of rotatable bonds is 10. The van der Waals surface area contributed by atoms with Crippen molar-refractivity contribution in [2.24, 2.45) is 0 Å². The molecule has 31 heavy (non-hydrogen) atoms. The topological polar surface area (TPSA) is 54.4 Å². The van der Waals surface area contributed by atoms with Crippen LogP contribution in [-0.2, 0) is 11.3 Å². The molecule has 2 N–H and O–H groups in total. The number of para-hydroxylation sites is 1. The Labute approximate surface area is 189 Å². The fourth-order valence-electron chi connectivity index (χ4n) is 4.10. The Balaban J connectivity index is 1.52. The van der Waals surface area contributed by atoms with Gasteiger partial charge in [0.1, 0.15) is 0 Å². The molecule has 7 heteroatoms. The second kappa shape index (κ2) is 10.4. The third-order valence-electron chi connectivity index (χ3n) is 5.58. The van der Waals surface area contributed by atoms with Crippen LogP contribution in [0.4, 0.5) is 5.69 Å². The predicted molar refractivity (Wildman–Crippen MR) is 128 cm³/mol. The minimum Gasteiger partial charge on any atom is -0.385 e. The van der Waals surface area contributed by atoms with Gasteiger partial charge >= 0.3 is 0 Å². The number of pyridine rings is 1. The minimum absolute atomic E-state index is 0.00646. The molecule has 0 radical (unpaired) electrons. The molecule has 1 aliphatic heterocycles. The first-order valence-corrected chi connectivity index (χ1v) is 11.1. The fourth-order valence-corrected chi connectivity index (χ4v) is 4.43. The molecule has 2 unspecified atom stereocenters. The lowest BCUT2D eigenvalue weighted by Crippen LogP contribution is -2.32. The standard InChI is InChI=1S/C24H29N5OS/c1-30-18-17-28-15-7-12-21(28)23-22(20-11-5-6-13-26-20)27-24(31)29(23)16-8-14-25-19-9-3-2-4-10-19/h2-7,9-13,15,22-23,25H,8,14,16-18H2,1H3,(H,27,31). The molecule has 1 aliphatic rings. The van der Waals surface area contributed by atoms with Crippen molar-refractivity contribution in [3.05, 3.63) is 84.4 Å².